The maximum absolute atomic E-state index is 12.5. The van der Waals surface area contributed by atoms with Crippen LogP contribution in [0.2, 0.25) is 0 Å². The van der Waals surface area contributed by atoms with Gasteiger partial charge < -0.3 is 15.1 Å². The predicted molar refractivity (Wildman–Crippen MR) is 111 cm³/mol. The van der Waals surface area contributed by atoms with Gasteiger partial charge in [-0.25, -0.2) is 0 Å². The highest BCUT2D eigenvalue weighted by Gasteiger charge is 2.47. The first-order valence-corrected chi connectivity index (χ1v) is 11.0. The highest BCUT2D eigenvalue weighted by atomic mass is 32.2. The Kier molecular flexibility index (Phi) is 7.60. The van der Waals surface area contributed by atoms with Gasteiger partial charge >= 0.3 is 0 Å². The molecule has 2 aromatic rings. The number of thioether (sulfide) groups is 1. The molecule has 0 radical (unpaired) electrons. The van der Waals surface area contributed by atoms with Crippen molar-refractivity contribution in [1.29, 1.82) is 0 Å². The van der Waals surface area contributed by atoms with E-state index in [2.05, 4.69) is 24.3 Å². The van der Waals surface area contributed by atoms with Gasteiger partial charge in [-0.15, -0.1) is 11.8 Å². The van der Waals surface area contributed by atoms with Gasteiger partial charge in [-0.3, -0.25) is 9.59 Å². The fourth-order valence-electron chi connectivity index (χ4n) is 3.62. The van der Waals surface area contributed by atoms with Crippen LogP contribution >= 0.6 is 11.8 Å². The minimum Gasteiger partial charge on any atom is -0.468 e. The van der Waals surface area contributed by atoms with E-state index in [4.69, 9.17) is 10.2 Å². The average molecular weight is 401 g/mol. The van der Waals surface area contributed by atoms with Gasteiger partial charge in [-0.2, -0.15) is 0 Å². The van der Waals surface area contributed by atoms with Gasteiger partial charge in [0.2, 0.25) is 11.8 Å². The maximum atomic E-state index is 12.5. The molecule has 1 aliphatic rings. The van der Waals surface area contributed by atoms with Crippen LogP contribution in [0, 0.1) is 5.92 Å². The minimum atomic E-state index is -0.414. The van der Waals surface area contributed by atoms with Crippen LogP contribution in [0.15, 0.2) is 53.1 Å². The van der Waals surface area contributed by atoms with Crippen LogP contribution in [-0.2, 0) is 21.8 Å². The van der Waals surface area contributed by atoms with Gasteiger partial charge in [0.1, 0.15) is 5.76 Å². The second kappa shape index (κ2) is 10.4. The number of amides is 2. The Bertz CT molecular complexity index is 748. The van der Waals surface area contributed by atoms with Crippen molar-refractivity contribution in [2.75, 3.05) is 6.54 Å². The third-order valence-electron chi connectivity index (χ3n) is 5.11. The van der Waals surface area contributed by atoms with Gasteiger partial charge in [0.25, 0.3) is 0 Å². The van der Waals surface area contributed by atoms with Gasteiger partial charge in [0.05, 0.1) is 23.3 Å². The number of primary amides is 1. The number of nitrogens with two attached hydrogens (primary N) is 1. The van der Waals surface area contributed by atoms with E-state index in [1.165, 1.54) is 12.0 Å². The van der Waals surface area contributed by atoms with Crippen molar-refractivity contribution in [2.45, 2.75) is 49.7 Å². The number of carbonyl (C=O) groups is 2. The number of carbonyl (C=O) groups excluding carboxylic acids is 2. The number of likely N-dealkylation sites (tertiary alicyclic amines) is 1. The Morgan fingerprint density at radius 2 is 1.86 bits per heavy atom. The lowest BCUT2D eigenvalue weighted by molar-refractivity contribution is -0.152. The van der Waals surface area contributed by atoms with Crippen LogP contribution in [0.5, 0.6) is 0 Å². The topological polar surface area (TPSA) is 76.5 Å². The van der Waals surface area contributed by atoms with Crippen molar-refractivity contribution in [3.8, 4) is 0 Å². The Labute approximate surface area is 170 Å². The van der Waals surface area contributed by atoms with Crippen LogP contribution in [0.4, 0.5) is 0 Å². The summed E-state index contributed by atoms with van der Waals surface area (Å²) < 4.78 is 5.38. The zero-order valence-electron chi connectivity index (χ0n) is 16.1. The molecule has 5 nitrogen and oxygen atoms in total. The maximum Gasteiger partial charge on any atom is 0.230 e. The quantitative estimate of drug-likeness (QED) is 0.432. The minimum absolute atomic E-state index is 0.00872. The largest absolute Gasteiger partial charge is 0.468 e. The molecule has 2 unspecified atom stereocenters. The SMILES string of the molecule is NC(=O)CC1C(=O)N(CCCCCCc2ccccc2)C1SCc1ccco1. The molecule has 0 spiro atoms. The van der Waals surface area contributed by atoms with Crippen LogP contribution in [0.3, 0.4) is 0 Å². The summed E-state index contributed by atoms with van der Waals surface area (Å²) >= 11 is 1.65. The zero-order chi connectivity index (χ0) is 19.8. The summed E-state index contributed by atoms with van der Waals surface area (Å²) in [6.45, 7) is 0.745. The van der Waals surface area contributed by atoms with Gasteiger partial charge in [0, 0.05) is 13.0 Å². The first kappa shape index (κ1) is 20.5. The van der Waals surface area contributed by atoms with Crippen LogP contribution < -0.4 is 5.73 Å². The lowest BCUT2D eigenvalue weighted by atomic mass is 9.93. The highest BCUT2D eigenvalue weighted by molar-refractivity contribution is 7.99. The summed E-state index contributed by atoms with van der Waals surface area (Å²) in [7, 11) is 0. The molecular weight excluding hydrogens is 372 g/mol. The molecule has 3 rings (SSSR count). The van der Waals surface area contributed by atoms with E-state index < -0.39 is 5.91 Å². The number of hydrogen-bond acceptors (Lipinski definition) is 4. The summed E-state index contributed by atoms with van der Waals surface area (Å²) in [4.78, 5) is 25.7. The highest BCUT2D eigenvalue weighted by Crippen LogP contribution is 2.39. The smallest absolute Gasteiger partial charge is 0.230 e. The van der Waals surface area contributed by atoms with Crippen LogP contribution in [-0.4, -0.2) is 28.6 Å². The third-order valence-corrected chi connectivity index (χ3v) is 6.48. The molecule has 150 valence electrons. The Hall–Kier alpha value is -2.21. The van der Waals surface area contributed by atoms with Gasteiger partial charge in [0.15, 0.2) is 0 Å². The average Bonchev–Trinajstić information content (AvgIpc) is 3.21. The van der Waals surface area contributed by atoms with Crippen molar-refractivity contribution >= 4 is 23.6 Å². The second-order valence-corrected chi connectivity index (χ2v) is 8.34. The Morgan fingerprint density at radius 3 is 2.57 bits per heavy atom. The monoisotopic (exact) mass is 400 g/mol. The van der Waals surface area contributed by atoms with Crippen molar-refractivity contribution in [3.05, 3.63) is 60.1 Å². The molecule has 1 aromatic heterocycles. The fraction of sp³-hybridized carbons (Fsp3) is 0.455. The number of β-lactam (4-membered cyclic amide) rings is 1. The molecule has 2 N–H and O–H groups in total. The molecule has 2 heterocycles. The molecule has 1 aliphatic heterocycles. The second-order valence-electron chi connectivity index (χ2n) is 7.24. The van der Waals surface area contributed by atoms with Crippen molar-refractivity contribution < 1.29 is 14.0 Å². The Morgan fingerprint density at radius 1 is 1.07 bits per heavy atom. The van der Waals surface area contributed by atoms with E-state index in [0.717, 1.165) is 38.0 Å². The van der Waals surface area contributed by atoms with E-state index in [1.807, 2.05) is 23.1 Å². The molecule has 1 aromatic carbocycles. The molecule has 28 heavy (non-hydrogen) atoms. The molecular formula is C22H28N2O3S. The van der Waals surface area contributed by atoms with E-state index in [0.29, 0.717) is 5.75 Å². The molecule has 1 fully saturated rings. The molecule has 6 heteroatoms. The fourth-order valence-corrected chi connectivity index (χ4v) is 4.95. The number of hydrogen-bond donors (Lipinski definition) is 1. The number of aryl methyl sites for hydroxylation is 1. The number of rotatable bonds is 12. The van der Waals surface area contributed by atoms with Crippen molar-refractivity contribution in [2.24, 2.45) is 11.7 Å². The van der Waals surface area contributed by atoms with Crippen molar-refractivity contribution in [1.82, 2.24) is 4.90 Å². The van der Waals surface area contributed by atoms with Crippen LogP contribution in [0.25, 0.3) is 0 Å². The summed E-state index contributed by atoms with van der Waals surface area (Å²) in [5.41, 5.74) is 6.71. The number of nitrogens with zero attached hydrogens (tertiary/aromatic N) is 1. The van der Waals surface area contributed by atoms with E-state index in [1.54, 1.807) is 18.0 Å². The normalized spacial score (nSPS) is 18.9. The molecule has 2 atom stereocenters. The number of furan rings is 1. The third kappa shape index (κ3) is 5.64. The zero-order valence-corrected chi connectivity index (χ0v) is 16.9. The lowest BCUT2D eigenvalue weighted by Gasteiger charge is -2.46. The summed E-state index contributed by atoms with van der Waals surface area (Å²) in [5.74, 6) is 0.912. The lowest BCUT2D eigenvalue weighted by Crippen LogP contribution is -2.60. The molecule has 0 saturated carbocycles. The first-order valence-electron chi connectivity index (χ1n) is 9.92. The molecule has 2 amide bonds. The molecule has 0 bridgehead atoms. The van der Waals surface area contributed by atoms with E-state index in [-0.39, 0.29) is 23.6 Å². The standard InChI is InChI=1S/C22H28N2O3S/c23-20(25)15-19-21(26)24(22(19)28-16-18-12-8-14-27-18)13-7-2-1-4-9-17-10-5-3-6-11-17/h3,5-6,8,10-12,14,19,22H,1-2,4,7,9,13,15-16H2,(H2,23,25). The first-order chi connectivity index (χ1) is 13.6. The van der Waals surface area contributed by atoms with Crippen LogP contribution in [0.1, 0.15) is 43.4 Å². The van der Waals surface area contributed by atoms with E-state index >= 15 is 0 Å². The van der Waals surface area contributed by atoms with E-state index in [9.17, 15) is 9.59 Å². The summed E-state index contributed by atoms with van der Waals surface area (Å²) in [6, 6.07) is 14.3. The van der Waals surface area contributed by atoms with Gasteiger partial charge in [-0.1, -0.05) is 43.2 Å². The molecule has 1 saturated heterocycles. The predicted octanol–water partition coefficient (Wildman–Crippen LogP) is 3.98. The Balaban J connectivity index is 1.40. The van der Waals surface area contributed by atoms with Gasteiger partial charge in [-0.05, 0) is 37.0 Å². The molecule has 0 aliphatic carbocycles. The summed E-state index contributed by atoms with van der Waals surface area (Å²) in [6.07, 6.45) is 7.29. The number of unbranched alkanes of at least 4 members (excludes halogenated alkanes) is 3. The van der Waals surface area contributed by atoms with Crippen molar-refractivity contribution in [3.63, 3.8) is 0 Å². The number of benzene rings is 1. The summed E-state index contributed by atoms with van der Waals surface area (Å²) in [5, 5.41) is 0.00872.